The van der Waals surface area contributed by atoms with Gasteiger partial charge in [0.1, 0.15) is 5.75 Å². The summed E-state index contributed by atoms with van der Waals surface area (Å²) in [6.07, 6.45) is 1.64. The third kappa shape index (κ3) is 3.62. The molecule has 2 aromatic rings. The van der Waals surface area contributed by atoms with Crippen LogP contribution in [-0.2, 0) is 14.3 Å². The number of anilines is 1. The molecule has 1 aliphatic heterocycles. The fraction of sp³-hybridized carbons (Fsp3) is 0.182. The summed E-state index contributed by atoms with van der Waals surface area (Å²) in [6.45, 7) is 5.66. The van der Waals surface area contributed by atoms with E-state index in [0.29, 0.717) is 16.9 Å². The highest BCUT2D eigenvalue weighted by Crippen LogP contribution is 2.35. The molecule has 138 valence electrons. The number of hydrogen-bond donors (Lipinski definition) is 1. The van der Waals surface area contributed by atoms with Crippen LogP contribution in [0.1, 0.15) is 25.0 Å². The summed E-state index contributed by atoms with van der Waals surface area (Å²) in [6, 6.07) is 14.0. The van der Waals surface area contributed by atoms with Crippen LogP contribution in [0.4, 0.5) is 5.69 Å². The van der Waals surface area contributed by atoms with Gasteiger partial charge in [-0.05, 0) is 56.7 Å². The molecular formula is C22H21NO4. The second kappa shape index (κ2) is 7.50. The van der Waals surface area contributed by atoms with Crippen molar-refractivity contribution in [3.05, 3.63) is 76.5 Å². The van der Waals surface area contributed by atoms with Crippen molar-refractivity contribution in [3.63, 3.8) is 0 Å². The van der Waals surface area contributed by atoms with Crippen LogP contribution in [0.25, 0.3) is 6.08 Å². The summed E-state index contributed by atoms with van der Waals surface area (Å²) in [7, 11) is 0. The van der Waals surface area contributed by atoms with Crippen LogP contribution in [0, 0.1) is 6.92 Å². The third-order valence-corrected chi connectivity index (χ3v) is 4.38. The van der Waals surface area contributed by atoms with Gasteiger partial charge in [-0.15, -0.1) is 0 Å². The Bertz CT molecular complexity index is 937. The Morgan fingerprint density at radius 3 is 2.30 bits per heavy atom. The summed E-state index contributed by atoms with van der Waals surface area (Å²) in [5.74, 6) is -0.677. The van der Waals surface area contributed by atoms with E-state index in [1.165, 1.54) is 17.0 Å². The third-order valence-electron chi connectivity index (χ3n) is 4.38. The predicted octanol–water partition coefficient (Wildman–Crippen LogP) is 3.97. The number of aryl methyl sites for hydroxylation is 1. The van der Waals surface area contributed by atoms with Gasteiger partial charge in [0.15, 0.2) is 0 Å². The van der Waals surface area contributed by atoms with E-state index in [1.54, 1.807) is 32.1 Å². The van der Waals surface area contributed by atoms with Crippen LogP contribution in [0.2, 0.25) is 0 Å². The minimum Gasteiger partial charge on any atom is -0.508 e. The minimum atomic E-state index is -0.525. The number of rotatable bonds is 4. The van der Waals surface area contributed by atoms with Crippen molar-refractivity contribution in [2.75, 3.05) is 11.5 Å². The molecular weight excluding hydrogens is 342 g/mol. The van der Waals surface area contributed by atoms with Gasteiger partial charge < -0.3 is 9.84 Å². The van der Waals surface area contributed by atoms with Crippen molar-refractivity contribution in [3.8, 4) is 5.75 Å². The van der Waals surface area contributed by atoms with E-state index in [4.69, 9.17) is 4.74 Å². The molecule has 1 N–H and O–H groups in total. The Kier molecular flexibility index (Phi) is 5.12. The predicted molar refractivity (Wildman–Crippen MR) is 104 cm³/mol. The molecule has 1 heterocycles. The average molecular weight is 363 g/mol. The molecule has 0 radical (unpaired) electrons. The van der Waals surface area contributed by atoms with E-state index in [2.05, 4.69) is 0 Å². The van der Waals surface area contributed by atoms with E-state index >= 15 is 0 Å². The summed E-state index contributed by atoms with van der Waals surface area (Å²) >= 11 is 0. The van der Waals surface area contributed by atoms with Crippen molar-refractivity contribution in [2.45, 2.75) is 20.8 Å². The van der Waals surface area contributed by atoms with Gasteiger partial charge in [0, 0.05) is 11.4 Å². The maximum Gasteiger partial charge on any atom is 0.340 e. The lowest BCUT2D eigenvalue weighted by atomic mass is 10.0. The number of phenols is 1. The number of carbonyl (C=O) groups excluding carboxylic acids is 2. The zero-order valence-corrected chi connectivity index (χ0v) is 15.5. The topological polar surface area (TPSA) is 66.8 Å². The molecule has 0 aliphatic carbocycles. The smallest absolute Gasteiger partial charge is 0.340 e. The Hall–Kier alpha value is -3.34. The van der Waals surface area contributed by atoms with Crippen LogP contribution in [0.3, 0.4) is 0 Å². The summed E-state index contributed by atoms with van der Waals surface area (Å²) in [5, 5.41) is 9.46. The summed E-state index contributed by atoms with van der Waals surface area (Å²) < 4.78 is 5.18. The molecule has 0 unspecified atom stereocenters. The van der Waals surface area contributed by atoms with Crippen molar-refractivity contribution in [1.82, 2.24) is 0 Å². The van der Waals surface area contributed by atoms with Gasteiger partial charge in [-0.2, -0.15) is 0 Å². The molecule has 3 rings (SSSR count). The van der Waals surface area contributed by atoms with Gasteiger partial charge in [-0.25, -0.2) is 4.79 Å². The first-order valence-corrected chi connectivity index (χ1v) is 8.72. The highest BCUT2D eigenvalue weighted by Gasteiger charge is 2.38. The Balaban J connectivity index is 2.11. The van der Waals surface area contributed by atoms with Gasteiger partial charge in [0.2, 0.25) is 0 Å². The summed E-state index contributed by atoms with van der Waals surface area (Å²) in [5.41, 5.74) is 3.55. The van der Waals surface area contributed by atoms with E-state index in [-0.39, 0.29) is 29.4 Å². The Morgan fingerprint density at radius 1 is 1.07 bits per heavy atom. The number of allylic oxidation sites excluding steroid dienone is 1. The zero-order chi connectivity index (χ0) is 19.6. The lowest BCUT2D eigenvalue weighted by molar-refractivity contribution is -0.138. The van der Waals surface area contributed by atoms with Gasteiger partial charge in [0.25, 0.3) is 5.91 Å². The molecule has 2 aromatic carbocycles. The van der Waals surface area contributed by atoms with Crippen molar-refractivity contribution >= 4 is 23.6 Å². The Morgan fingerprint density at radius 2 is 1.70 bits per heavy atom. The largest absolute Gasteiger partial charge is 0.508 e. The highest BCUT2D eigenvalue weighted by atomic mass is 16.5. The molecule has 27 heavy (non-hydrogen) atoms. The number of amides is 1. The van der Waals surface area contributed by atoms with E-state index in [1.807, 2.05) is 31.2 Å². The quantitative estimate of drug-likeness (QED) is 0.659. The van der Waals surface area contributed by atoms with Gasteiger partial charge in [0.05, 0.1) is 17.8 Å². The van der Waals surface area contributed by atoms with Gasteiger partial charge in [-0.3, -0.25) is 9.69 Å². The number of esters is 1. The van der Waals surface area contributed by atoms with Crippen LogP contribution in [0.15, 0.2) is 65.4 Å². The second-order valence-electron chi connectivity index (χ2n) is 6.31. The number of benzene rings is 2. The molecule has 0 fully saturated rings. The number of phenolic OH excluding ortho intramolecular Hbond substituents is 1. The normalized spacial score (nSPS) is 15.6. The zero-order valence-electron chi connectivity index (χ0n) is 15.5. The molecule has 5 heteroatoms. The molecule has 5 nitrogen and oxygen atoms in total. The van der Waals surface area contributed by atoms with Crippen LogP contribution in [0.5, 0.6) is 5.75 Å². The maximum absolute atomic E-state index is 13.2. The van der Waals surface area contributed by atoms with E-state index in [9.17, 15) is 14.7 Å². The monoisotopic (exact) mass is 363 g/mol. The van der Waals surface area contributed by atoms with Crippen molar-refractivity contribution in [1.29, 1.82) is 0 Å². The van der Waals surface area contributed by atoms with Crippen LogP contribution in [-0.4, -0.2) is 23.6 Å². The first-order chi connectivity index (χ1) is 12.9. The molecule has 1 amide bonds. The molecule has 0 saturated carbocycles. The number of ether oxygens (including phenoxy) is 1. The van der Waals surface area contributed by atoms with Crippen LogP contribution >= 0.6 is 0 Å². The SMILES string of the molecule is CCOC(=O)C1=C(C)N(c2ccc(C)cc2)C(=O)/C1=C\c1ccc(O)cc1. The fourth-order valence-corrected chi connectivity index (χ4v) is 3.02. The van der Waals surface area contributed by atoms with Gasteiger partial charge >= 0.3 is 5.97 Å². The molecule has 0 atom stereocenters. The molecule has 0 spiro atoms. The molecule has 0 aromatic heterocycles. The summed E-state index contributed by atoms with van der Waals surface area (Å²) in [4.78, 5) is 27.2. The number of nitrogens with zero attached hydrogens (tertiary/aromatic N) is 1. The first kappa shape index (κ1) is 18.5. The molecule has 1 aliphatic rings. The van der Waals surface area contributed by atoms with E-state index < -0.39 is 5.97 Å². The number of aromatic hydroxyl groups is 1. The van der Waals surface area contributed by atoms with Crippen LogP contribution < -0.4 is 4.90 Å². The number of hydrogen-bond acceptors (Lipinski definition) is 4. The molecule has 0 saturated heterocycles. The average Bonchev–Trinajstić information content (AvgIpc) is 2.88. The molecule has 0 bridgehead atoms. The standard InChI is InChI=1S/C22H21NO4/c1-4-27-22(26)20-15(3)23(17-9-5-14(2)6-10-17)21(25)19(20)13-16-7-11-18(24)12-8-16/h5-13,24H,4H2,1-3H3/b19-13-. The lowest BCUT2D eigenvalue weighted by Crippen LogP contribution is -2.24. The lowest BCUT2D eigenvalue weighted by Gasteiger charge is -2.18. The van der Waals surface area contributed by atoms with Crippen molar-refractivity contribution in [2.24, 2.45) is 0 Å². The Labute approximate surface area is 158 Å². The number of carbonyl (C=O) groups is 2. The first-order valence-electron chi connectivity index (χ1n) is 8.72. The van der Waals surface area contributed by atoms with E-state index in [0.717, 1.165) is 5.56 Å². The highest BCUT2D eigenvalue weighted by molar-refractivity contribution is 6.23. The van der Waals surface area contributed by atoms with Crippen molar-refractivity contribution < 1.29 is 19.4 Å². The second-order valence-corrected chi connectivity index (χ2v) is 6.31. The maximum atomic E-state index is 13.2. The van der Waals surface area contributed by atoms with Gasteiger partial charge in [-0.1, -0.05) is 29.8 Å². The fourth-order valence-electron chi connectivity index (χ4n) is 3.02. The minimum absolute atomic E-state index is 0.133.